The SMILES string of the molecule is c1cc(C2CCNCC2)cnn1. The third-order valence-electron chi connectivity index (χ3n) is 2.42. The van der Waals surface area contributed by atoms with Gasteiger partial charge in [-0.2, -0.15) is 10.2 Å². The second-order valence-corrected chi connectivity index (χ2v) is 3.20. The normalized spacial score (nSPS) is 19.3. The van der Waals surface area contributed by atoms with Crippen LogP contribution in [-0.2, 0) is 0 Å². The molecule has 1 aromatic heterocycles. The summed E-state index contributed by atoms with van der Waals surface area (Å²) in [4.78, 5) is 0. The van der Waals surface area contributed by atoms with E-state index in [1.807, 2.05) is 6.20 Å². The standard InChI is InChI=1S/C9H13N3/c1-4-10-5-2-8(1)9-3-6-11-12-7-9/h3,6-8,10H,1-2,4-5H2. The molecule has 3 heteroatoms. The highest BCUT2D eigenvalue weighted by atomic mass is 15.1. The van der Waals surface area contributed by atoms with Crippen molar-refractivity contribution in [3.8, 4) is 0 Å². The summed E-state index contributed by atoms with van der Waals surface area (Å²) < 4.78 is 0. The molecule has 0 aromatic carbocycles. The zero-order valence-corrected chi connectivity index (χ0v) is 7.03. The van der Waals surface area contributed by atoms with E-state index in [1.165, 1.54) is 18.4 Å². The number of hydrogen-bond acceptors (Lipinski definition) is 3. The first-order valence-corrected chi connectivity index (χ1v) is 4.44. The van der Waals surface area contributed by atoms with Gasteiger partial charge >= 0.3 is 0 Å². The van der Waals surface area contributed by atoms with E-state index in [2.05, 4.69) is 21.6 Å². The van der Waals surface area contributed by atoms with Crippen molar-refractivity contribution in [2.75, 3.05) is 13.1 Å². The maximum atomic E-state index is 3.89. The van der Waals surface area contributed by atoms with Crippen LogP contribution in [0.1, 0.15) is 24.3 Å². The lowest BCUT2D eigenvalue weighted by Crippen LogP contribution is -2.26. The summed E-state index contributed by atoms with van der Waals surface area (Å²) in [7, 11) is 0. The molecule has 1 fully saturated rings. The Balaban J connectivity index is 2.08. The highest BCUT2D eigenvalue weighted by Gasteiger charge is 2.14. The summed E-state index contributed by atoms with van der Waals surface area (Å²) >= 11 is 0. The van der Waals surface area contributed by atoms with Gasteiger partial charge in [-0.05, 0) is 43.5 Å². The van der Waals surface area contributed by atoms with E-state index in [-0.39, 0.29) is 0 Å². The van der Waals surface area contributed by atoms with Crippen molar-refractivity contribution in [2.24, 2.45) is 0 Å². The highest BCUT2D eigenvalue weighted by Crippen LogP contribution is 2.23. The van der Waals surface area contributed by atoms with Crippen LogP contribution in [0.5, 0.6) is 0 Å². The topological polar surface area (TPSA) is 37.8 Å². The molecule has 0 atom stereocenters. The Bertz CT molecular complexity index is 229. The van der Waals surface area contributed by atoms with Gasteiger partial charge in [0.15, 0.2) is 0 Å². The molecule has 1 saturated heterocycles. The average Bonchev–Trinajstić information content (AvgIpc) is 2.21. The predicted octanol–water partition coefficient (Wildman–Crippen LogP) is 0.944. The van der Waals surface area contributed by atoms with Crippen LogP contribution in [0, 0.1) is 0 Å². The van der Waals surface area contributed by atoms with E-state index >= 15 is 0 Å². The minimum atomic E-state index is 0.696. The smallest absolute Gasteiger partial charge is 0.0531 e. The second kappa shape index (κ2) is 3.63. The Hall–Kier alpha value is -0.960. The summed E-state index contributed by atoms with van der Waals surface area (Å²) in [5.74, 6) is 0.696. The van der Waals surface area contributed by atoms with Gasteiger partial charge in [0.1, 0.15) is 0 Å². The fourth-order valence-corrected chi connectivity index (χ4v) is 1.70. The van der Waals surface area contributed by atoms with E-state index in [9.17, 15) is 0 Å². The molecule has 0 unspecified atom stereocenters. The van der Waals surface area contributed by atoms with Crippen molar-refractivity contribution in [1.82, 2.24) is 15.5 Å². The maximum absolute atomic E-state index is 3.89. The Morgan fingerprint density at radius 2 is 2.08 bits per heavy atom. The van der Waals surface area contributed by atoms with Gasteiger partial charge in [0.2, 0.25) is 0 Å². The van der Waals surface area contributed by atoms with Crippen molar-refractivity contribution in [1.29, 1.82) is 0 Å². The van der Waals surface area contributed by atoms with Gasteiger partial charge in [0.25, 0.3) is 0 Å². The Kier molecular flexibility index (Phi) is 2.32. The fraction of sp³-hybridized carbons (Fsp3) is 0.556. The van der Waals surface area contributed by atoms with Gasteiger partial charge in [-0.1, -0.05) is 0 Å². The lowest BCUT2D eigenvalue weighted by Gasteiger charge is -2.22. The van der Waals surface area contributed by atoms with Crippen molar-refractivity contribution < 1.29 is 0 Å². The van der Waals surface area contributed by atoms with Crippen LogP contribution >= 0.6 is 0 Å². The van der Waals surface area contributed by atoms with Crippen molar-refractivity contribution >= 4 is 0 Å². The monoisotopic (exact) mass is 163 g/mol. The Morgan fingerprint density at radius 1 is 1.25 bits per heavy atom. The molecule has 0 bridgehead atoms. The van der Waals surface area contributed by atoms with Crippen LogP contribution in [0.4, 0.5) is 0 Å². The molecule has 1 aromatic rings. The van der Waals surface area contributed by atoms with Crippen molar-refractivity contribution in [3.63, 3.8) is 0 Å². The van der Waals surface area contributed by atoms with Crippen molar-refractivity contribution in [2.45, 2.75) is 18.8 Å². The van der Waals surface area contributed by atoms with Gasteiger partial charge in [-0.15, -0.1) is 0 Å². The molecule has 12 heavy (non-hydrogen) atoms. The van der Waals surface area contributed by atoms with Crippen LogP contribution in [0.15, 0.2) is 18.5 Å². The van der Waals surface area contributed by atoms with Gasteiger partial charge in [0, 0.05) is 6.20 Å². The molecular weight excluding hydrogens is 150 g/mol. The average molecular weight is 163 g/mol. The predicted molar refractivity (Wildman–Crippen MR) is 46.9 cm³/mol. The molecule has 64 valence electrons. The van der Waals surface area contributed by atoms with E-state index in [0.717, 1.165) is 13.1 Å². The minimum Gasteiger partial charge on any atom is -0.317 e. The first kappa shape index (κ1) is 7.68. The molecule has 1 aliphatic heterocycles. The summed E-state index contributed by atoms with van der Waals surface area (Å²) in [6.07, 6.45) is 6.12. The summed E-state index contributed by atoms with van der Waals surface area (Å²) in [6.45, 7) is 2.26. The van der Waals surface area contributed by atoms with Gasteiger partial charge in [0.05, 0.1) is 6.20 Å². The lowest BCUT2D eigenvalue weighted by atomic mass is 9.92. The van der Waals surface area contributed by atoms with E-state index in [0.29, 0.717) is 5.92 Å². The van der Waals surface area contributed by atoms with Gasteiger partial charge < -0.3 is 5.32 Å². The molecule has 2 rings (SSSR count). The molecule has 3 nitrogen and oxygen atoms in total. The number of hydrogen-bond donors (Lipinski definition) is 1. The van der Waals surface area contributed by atoms with E-state index < -0.39 is 0 Å². The Morgan fingerprint density at radius 3 is 2.75 bits per heavy atom. The number of aromatic nitrogens is 2. The van der Waals surface area contributed by atoms with E-state index in [4.69, 9.17) is 0 Å². The number of nitrogens with zero attached hydrogens (tertiary/aromatic N) is 2. The number of piperidine rings is 1. The van der Waals surface area contributed by atoms with E-state index in [1.54, 1.807) is 6.20 Å². The van der Waals surface area contributed by atoms with Crippen molar-refractivity contribution in [3.05, 3.63) is 24.0 Å². The van der Waals surface area contributed by atoms with Crippen LogP contribution in [0.3, 0.4) is 0 Å². The molecule has 0 spiro atoms. The van der Waals surface area contributed by atoms with Gasteiger partial charge in [-0.25, -0.2) is 0 Å². The number of rotatable bonds is 1. The molecule has 1 N–H and O–H groups in total. The molecule has 0 radical (unpaired) electrons. The second-order valence-electron chi connectivity index (χ2n) is 3.20. The molecule has 0 saturated carbocycles. The quantitative estimate of drug-likeness (QED) is 0.669. The third-order valence-corrected chi connectivity index (χ3v) is 2.42. The number of nitrogens with one attached hydrogen (secondary N) is 1. The lowest BCUT2D eigenvalue weighted by molar-refractivity contribution is 0.459. The molecule has 1 aliphatic rings. The highest BCUT2D eigenvalue weighted by molar-refractivity contribution is 5.12. The maximum Gasteiger partial charge on any atom is 0.0531 e. The molecular formula is C9H13N3. The first-order valence-electron chi connectivity index (χ1n) is 4.44. The fourth-order valence-electron chi connectivity index (χ4n) is 1.70. The first-order chi connectivity index (χ1) is 5.97. The molecule has 0 amide bonds. The zero-order valence-electron chi connectivity index (χ0n) is 7.03. The third kappa shape index (κ3) is 1.61. The van der Waals surface area contributed by atoms with Crippen LogP contribution in [0.25, 0.3) is 0 Å². The van der Waals surface area contributed by atoms with Crippen LogP contribution in [-0.4, -0.2) is 23.3 Å². The van der Waals surface area contributed by atoms with Crippen LogP contribution in [0.2, 0.25) is 0 Å². The summed E-state index contributed by atoms with van der Waals surface area (Å²) in [5, 5.41) is 11.0. The molecule has 2 heterocycles. The minimum absolute atomic E-state index is 0.696. The van der Waals surface area contributed by atoms with Gasteiger partial charge in [-0.3, -0.25) is 0 Å². The summed E-state index contributed by atoms with van der Waals surface area (Å²) in [6, 6.07) is 2.07. The zero-order chi connectivity index (χ0) is 8.23. The van der Waals surface area contributed by atoms with Crippen LogP contribution < -0.4 is 5.32 Å². The molecule has 0 aliphatic carbocycles. The summed E-state index contributed by atoms with van der Waals surface area (Å²) in [5.41, 5.74) is 1.34. The Labute approximate surface area is 72.2 Å². The largest absolute Gasteiger partial charge is 0.317 e.